The fraction of sp³-hybridized carbons (Fsp3) is 0.0526. The number of carbonyl (C=O) groups is 1. The Morgan fingerprint density at radius 2 is 2.00 bits per heavy atom. The van der Waals surface area contributed by atoms with Crippen molar-refractivity contribution in [3.63, 3.8) is 0 Å². The first kappa shape index (κ1) is 16.8. The molecule has 0 aliphatic heterocycles. The fourth-order valence-electron chi connectivity index (χ4n) is 2.35. The van der Waals surface area contributed by atoms with Crippen LogP contribution < -0.4 is 11.2 Å². The van der Waals surface area contributed by atoms with Gasteiger partial charge < -0.3 is 10.2 Å². The first-order valence-corrected chi connectivity index (χ1v) is 7.96. The van der Waals surface area contributed by atoms with E-state index in [1.807, 2.05) is 31.2 Å². The number of nitrogen functional groups attached to an aromatic ring is 1. The highest BCUT2D eigenvalue weighted by molar-refractivity contribution is 6.30. The molecule has 3 rings (SSSR count). The maximum Gasteiger partial charge on any atom is 0.273 e. The van der Waals surface area contributed by atoms with E-state index in [0.717, 1.165) is 11.1 Å². The zero-order valence-corrected chi connectivity index (χ0v) is 14.2. The molecule has 3 aromatic rings. The van der Waals surface area contributed by atoms with Crippen LogP contribution in [0.4, 0.5) is 5.69 Å². The summed E-state index contributed by atoms with van der Waals surface area (Å²) in [4.78, 5) is 12.0. The molecular formula is C19H16ClN3O2. The molecule has 0 spiro atoms. The van der Waals surface area contributed by atoms with Crippen molar-refractivity contribution in [3.8, 4) is 11.3 Å². The average molecular weight is 354 g/mol. The van der Waals surface area contributed by atoms with Crippen molar-refractivity contribution in [2.24, 2.45) is 5.10 Å². The van der Waals surface area contributed by atoms with Crippen molar-refractivity contribution in [1.82, 2.24) is 5.43 Å². The summed E-state index contributed by atoms with van der Waals surface area (Å²) >= 11 is 6.04. The van der Waals surface area contributed by atoms with Gasteiger partial charge in [0.2, 0.25) is 0 Å². The molecule has 0 atom stereocenters. The lowest BCUT2D eigenvalue weighted by molar-refractivity contribution is 0.0956. The monoisotopic (exact) mass is 353 g/mol. The van der Waals surface area contributed by atoms with Crippen molar-refractivity contribution in [1.29, 1.82) is 0 Å². The van der Waals surface area contributed by atoms with Crippen LogP contribution in [0.3, 0.4) is 0 Å². The lowest BCUT2D eigenvalue weighted by Crippen LogP contribution is -2.18. The Hall–Kier alpha value is -3.05. The molecule has 1 amide bonds. The molecule has 0 aliphatic carbocycles. The minimum atomic E-state index is -0.383. The second-order valence-electron chi connectivity index (χ2n) is 5.45. The van der Waals surface area contributed by atoms with E-state index >= 15 is 0 Å². The van der Waals surface area contributed by atoms with Gasteiger partial charge in [0.1, 0.15) is 11.5 Å². The van der Waals surface area contributed by atoms with Crippen LogP contribution in [-0.2, 0) is 0 Å². The van der Waals surface area contributed by atoms with Gasteiger partial charge in [0, 0.05) is 16.3 Å². The average Bonchev–Trinajstić information content (AvgIpc) is 3.06. The van der Waals surface area contributed by atoms with Gasteiger partial charge in [-0.2, -0.15) is 5.10 Å². The summed E-state index contributed by atoms with van der Waals surface area (Å²) in [6, 6.07) is 16.0. The van der Waals surface area contributed by atoms with E-state index in [0.29, 0.717) is 27.8 Å². The Balaban J connectivity index is 1.71. The predicted molar refractivity (Wildman–Crippen MR) is 99.8 cm³/mol. The van der Waals surface area contributed by atoms with Gasteiger partial charge in [0.15, 0.2) is 0 Å². The lowest BCUT2D eigenvalue weighted by Gasteiger charge is -2.03. The van der Waals surface area contributed by atoms with Gasteiger partial charge in [-0.3, -0.25) is 4.79 Å². The van der Waals surface area contributed by atoms with E-state index in [9.17, 15) is 4.79 Å². The molecule has 0 saturated heterocycles. The van der Waals surface area contributed by atoms with Gasteiger partial charge in [0.05, 0.1) is 11.8 Å². The third-order valence-electron chi connectivity index (χ3n) is 3.66. The van der Waals surface area contributed by atoms with Crippen LogP contribution in [0.15, 0.2) is 64.1 Å². The van der Waals surface area contributed by atoms with Crippen LogP contribution >= 0.6 is 11.6 Å². The Labute approximate surface area is 150 Å². The quantitative estimate of drug-likeness (QED) is 0.418. The predicted octanol–water partition coefficient (Wildman–Crippen LogP) is 4.25. The van der Waals surface area contributed by atoms with Crippen molar-refractivity contribution in [2.75, 3.05) is 5.73 Å². The molecule has 0 aliphatic rings. The lowest BCUT2D eigenvalue weighted by atomic mass is 10.1. The largest absolute Gasteiger partial charge is 0.455 e. The summed E-state index contributed by atoms with van der Waals surface area (Å²) in [6.07, 6.45) is 1.43. The SMILES string of the molecule is Cc1ccc(Cl)cc1-c1ccc(/C=N/NC(=O)c2ccccc2N)o1. The number of amides is 1. The summed E-state index contributed by atoms with van der Waals surface area (Å²) in [5.74, 6) is 0.808. The van der Waals surface area contributed by atoms with Crippen LogP contribution in [0.5, 0.6) is 0 Å². The van der Waals surface area contributed by atoms with Gasteiger partial charge in [-0.25, -0.2) is 5.43 Å². The molecule has 3 N–H and O–H groups in total. The Morgan fingerprint density at radius 3 is 2.80 bits per heavy atom. The number of hydrogen-bond acceptors (Lipinski definition) is 4. The molecule has 5 nitrogen and oxygen atoms in total. The minimum absolute atomic E-state index is 0.370. The van der Waals surface area contributed by atoms with E-state index in [1.54, 1.807) is 30.3 Å². The van der Waals surface area contributed by atoms with Crippen LogP contribution in [0.2, 0.25) is 5.02 Å². The number of para-hydroxylation sites is 1. The zero-order valence-electron chi connectivity index (χ0n) is 13.5. The molecule has 1 heterocycles. The topological polar surface area (TPSA) is 80.6 Å². The fourth-order valence-corrected chi connectivity index (χ4v) is 2.52. The number of furan rings is 1. The van der Waals surface area contributed by atoms with Crippen molar-refractivity contribution in [3.05, 3.63) is 76.5 Å². The molecule has 0 bridgehead atoms. The number of carbonyl (C=O) groups excluding carboxylic acids is 1. The molecular weight excluding hydrogens is 338 g/mol. The Kier molecular flexibility index (Phi) is 4.86. The van der Waals surface area contributed by atoms with Gasteiger partial charge in [-0.15, -0.1) is 0 Å². The number of nitrogens with one attached hydrogen (secondary N) is 1. The Bertz CT molecular complexity index is 947. The van der Waals surface area contributed by atoms with Crippen molar-refractivity contribution < 1.29 is 9.21 Å². The molecule has 0 radical (unpaired) electrons. The molecule has 1 aromatic heterocycles. The number of rotatable bonds is 4. The van der Waals surface area contributed by atoms with Gasteiger partial charge in [-0.1, -0.05) is 29.8 Å². The molecule has 0 fully saturated rings. The van der Waals surface area contributed by atoms with E-state index < -0.39 is 0 Å². The second-order valence-corrected chi connectivity index (χ2v) is 5.88. The van der Waals surface area contributed by atoms with E-state index in [-0.39, 0.29) is 5.91 Å². The first-order valence-electron chi connectivity index (χ1n) is 7.59. The van der Waals surface area contributed by atoms with Gasteiger partial charge in [0.25, 0.3) is 5.91 Å². The summed E-state index contributed by atoms with van der Waals surface area (Å²) in [7, 11) is 0. The van der Waals surface area contributed by atoms with Crippen LogP contribution in [0, 0.1) is 6.92 Å². The van der Waals surface area contributed by atoms with Crippen molar-refractivity contribution in [2.45, 2.75) is 6.92 Å². The number of hydrogen-bond donors (Lipinski definition) is 2. The molecule has 0 saturated carbocycles. The van der Waals surface area contributed by atoms with E-state index in [4.69, 9.17) is 21.8 Å². The summed E-state index contributed by atoms with van der Waals surface area (Å²) in [5.41, 5.74) is 10.9. The summed E-state index contributed by atoms with van der Waals surface area (Å²) in [6.45, 7) is 1.98. The standard InChI is InChI=1S/C19H16ClN3O2/c1-12-6-7-13(20)10-16(12)18-9-8-14(25-18)11-22-23-19(24)15-4-2-3-5-17(15)21/h2-11H,21H2,1H3,(H,23,24)/b22-11+. The highest BCUT2D eigenvalue weighted by atomic mass is 35.5. The third kappa shape index (κ3) is 3.89. The highest BCUT2D eigenvalue weighted by Crippen LogP contribution is 2.27. The number of benzene rings is 2. The van der Waals surface area contributed by atoms with Gasteiger partial charge >= 0.3 is 0 Å². The van der Waals surface area contributed by atoms with Gasteiger partial charge in [-0.05, 0) is 48.9 Å². The third-order valence-corrected chi connectivity index (χ3v) is 3.89. The van der Waals surface area contributed by atoms with Crippen LogP contribution in [0.1, 0.15) is 21.7 Å². The number of nitrogens with two attached hydrogens (primary N) is 1. The first-order chi connectivity index (χ1) is 12.0. The number of aryl methyl sites for hydroxylation is 1. The van der Waals surface area contributed by atoms with E-state index in [1.165, 1.54) is 6.21 Å². The normalized spacial score (nSPS) is 11.0. The molecule has 0 unspecified atom stereocenters. The van der Waals surface area contributed by atoms with Crippen molar-refractivity contribution >= 4 is 29.4 Å². The minimum Gasteiger partial charge on any atom is -0.455 e. The number of halogens is 1. The molecule has 6 heteroatoms. The molecule has 25 heavy (non-hydrogen) atoms. The molecule has 126 valence electrons. The Morgan fingerprint density at radius 1 is 1.20 bits per heavy atom. The van der Waals surface area contributed by atoms with Crippen LogP contribution in [0.25, 0.3) is 11.3 Å². The maximum atomic E-state index is 12.0. The highest BCUT2D eigenvalue weighted by Gasteiger charge is 2.09. The van der Waals surface area contributed by atoms with E-state index in [2.05, 4.69) is 10.5 Å². The maximum absolute atomic E-state index is 12.0. The summed E-state index contributed by atoms with van der Waals surface area (Å²) < 4.78 is 5.73. The summed E-state index contributed by atoms with van der Waals surface area (Å²) in [5, 5.41) is 4.54. The van der Waals surface area contributed by atoms with Crippen LogP contribution in [-0.4, -0.2) is 12.1 Å². The smallest absolute Gasteiger partial charge is 0.273 e. The number of nitrogens with zero attached hydrogens (tertiary/aromatic N) is 1. The molecule has 2 aromatic carbocycles. The number of anilines is 1. The number of hydrazone groups is 1. The zero-order chi connectivity index (χ0) is 17.8. The second kappa shape index (κ2) is 7.23.